The average Bonchev–Trinajstić information content (AvgIpc) is 2.47. The fraction of sp³-hybridized carbons (Fsp3) is 0.308. The van der Waals surface area contributed by atoms with Crippen LogP contribution in [0, 0.1) is 11.3 Å². The summed E-state index contributed by atoms with van der Waals surface area (Å²) in [6.45, 7) is 2.93. The molecule has 1 aromatic carbocycles. The highest BCUT2D eigenvalue weighted by molar-refractivity contribution is 5.93. The maximum atomic E-state index is 9.20. The first kappa shape index (κ1) is 10.9. The second kappa shape index (κ2) is 4.59. The molecule has 1 aliphatic heterocycles. The van der Waals surface area contributed by atoms with Gasteiger partial charge in [-0.05, 0) is 6.07 Å². The molecule has 1 saturated heterocycles. The number of aromatic nitrogens is 2. The molecule has 1 aromatic heterocycles. The van der Waals surface area contributed by atoms with Gasteiger partial charge in [0.1, 0.15) is 6.07 Å². The van der Waals surface area contributed by atoms with Crippen molar-refractivity contribution >= 4 is 16.6 Å². The van der Waals surface area contributed by atoms with E-state index in [9.17, 15) is 5.26 Å². The molecule has 90 valence electrons. The molecular weight excluding hydrogens is 228 g/mol. The zero-order chi connectivity index (χ0) is 12.4. The lowest BCUT2D eigenvalue weighted by molar-refractivity contribution is 0.123. The van der Waals surface area contributed by atoms with Gasteiger partial charge in [-0.2, -0.15) is 5.26 Å². The highest BCUT2D eigenvalue weighted by Gasteiger charge is 2.19. The first-order chi connectivity index (χ1) is 8.90. The van der Waals surface area contributed by atoms with Crippen molar-refractivity contribution in [2.45, 2.75) is 0 Å². The Morgan fingerprint density at radius 3 is 2.72 bits per heavy atom. The highest BCUT2D eigenvalue weighted by atomic mass is 16.5. The van der Waals surface area contributed by atoms with Gasteiger partial charge in [0, 0.05) is 18.5 Å². The van der Waals surface area contributed by atoms with Gasteiger partial charge < -0.3 is 9.64 Å². The third-order valence-corrected chi connectivity index (χ3v) is 3.07. The number of ether oxygens (including phenoxy) is 1. The minimum atomic E-state index is 0.385. The molecule has 2 aromatic rings. The van der Waals surface area contributed by atoms with E-state index in [0.29, 0.717) is 18.9 Å². The fourth-order valence-corrected chi connectivity index (χ4v) is 2.22. The molecule has 0 unspecified atom stereocenters. The van der Waals surface area contributed by atoms with Crippen LogP contribution in [0.15, 0.2) is 24.3 Å². The summed E-state index contributed by atoms with van der Waals surface area (Å²) in [6.07, 6.45) is 0. The lowest BCUT2D eigenvalue weighted by atomic mass is 10.1. The summed E-state index contributed by atoms with van der Waals surface area (Å²) < 4.78 is 5.35. The molecular formula is C13H12N4O. The van der Waals surface area contributed by atoms with Crippen LogP contribution >= 0.6 is 0 Å². The standard InChI is InChI=1S/C13H12N4O/c14-9-12-13(17-5-7-18-8-6-17)10-3-1-2-4-11(10)15-16-12/h1-4H,5-8H2. The third-order valence-electron chi connectivity index (χ3n) is 3.07. The largest absolute Gasteiger partial charge is 0.378 e. The third kappa shape index (κ3) is 1.77. The predicted molar refractivity (Wildman–Crippen MR) is 67.3 cm³/mol. The maximum Gasteiger partial charge on any atom is 0.187 e. The van der Waals surface area contributed by atoms with E-state index in [-0.39, 0.29) is 0 Å². The molecule has 0 radical (unpaired) electrons. The Labute approximate surface area is 105 Å². The molecule has 0 amide bonds. The van der Waals surface area contributed by atoms with E-state index >= 15 is 0 Å². The first-order valence-corrected chi connectivity index (χ1v) is 5.88. The SMILES string of the molecule is N#Cc1nnc2ccccc2c1N1CCOCC1. The summed E-state index contributed by atoms with van der Waals surface area (Å²) >= 11 is 0. The lowest BCUT2D eigenvalue weighted by Gasteiger charge is -2.29. The van der Waals surface area contributed by atoms with Crippen LogP contribution in [0.25, 0.3) is 10.9 Å². The van der Waals surface area contributed by atoms with E-state index in [0.717, 1.165) is 29.7 Å². The molecule has 18 heavy (non-hydrogen) atoms. The van der Waals surface area contributed by atoms with Crippen LogP contribution in [-0.2, 0) is 4.74 Å². The number of anilines is 1. The Hall–Kier alpha value is -2.19. The van der Waals surface area contributed by atoms with Crippen LogP contribution in [0.4, 0.5) is 5.69 Å². The van der Waals surface area contributed by atoms with Gasteiger partial charge >= 0.3 is 0 Å². The van der Waals surface area contributed by atoms with Crippen molar-refractivity contribution in [3.8, 4) is 6.07 Å². The van der Waals surface area contributed by atoms with Crippen molar-refractivity contribution in [3.63, 3.8) is 0 Å². The van der Waals surface area contributed by atoms with Crippen molar-refractivity contribution in [1.29, 1.82) is 5.26 Å². The quantitative estimate of drug-likeness (QED) is 0.752. The minimum absolute atomic E-state index is 0.385. The molecule has 2 heterocycles. The Morgan fingerprint density at radius 2 is 1.94 bits per heavy atom. The molecule has 5 nitrogen and oxygen atoms in total. The van der Waals surface area contributed by atoms with Crippen LogP contribution in [0.5, 0.6) is 0 Å². The van der Waals surface area contributed by atoms with Gasteiger partial charge in [0.25, 0.3) is 0 Å². The lowest BCUT2D eigenvalue weighted by Crippen LogP contribution is -2.37. The Balaban J connectivity index is 2.20. The average molecular weight is 240 g/mol. The van der Waals surface area contributed by atoms with E-state index in [1.54, 1.807) is 0 Å². The Morgan fingerprint density at radius 1 is 1.17 bits per heavy atom. The number of nitriles is 1. The second-order valence-corrected chi connectivity index (χ2v) is 4.13. The molecule has 0 aliphatic carbocycles. The van der Waals surface area contributed by atoms with Gasteiger partial charge in [0.15, 0.2) is 5.69 Å². The van der Waals surface area contributed by atoms with Gasteiger partial charge in [-0.3, -0.25) is 0 Å². The van der Waals surface area contributed by atoms with E-state index in [1.165, 1.54) is 0 Å². The van der Waals surface area contributed by atoms with Gasteiger partial charge in [-0.15, -0.1) is 10.2 Å². The number of morpholine rings is 1. The number of hydrogen-bond acceptors (Lipinski definition) is 5. The van der Waals surface area contributed by atoms with Crippen LogP contribution < -0.4 is 4.90 Å². The van der Waals surface area contributed by atoms with Gasteiger partial charge in [-0.25, -0.2) is 0 Å². The van der Waals surface area contributed by atoms with Crippen LogP contribution in [0.1, 0.15) is 5.69 Å². The van der Waals surface area contributed by atoms with E-state index in [2.05, 4.69) is 21.2 Å². The predicted octanol–water partition coefficient (Wildman–Crippen LogP) is 1.34. The molecule has 0 atom stereocenters. The Bertz CT molecular complexity index is 614. The van der Waals surface area contributed by atoms with E-state index in [1.807, 2.05) is 24.3 Å². The zero-order valence-corrected chi connectivity index (χ0v) is 9.83. The van der Waals surface area contributed by atoms with Crippen molar-refractivity contribution in [2.75, 3.05) is 31.2 Å². The smallest absolute Gasteiger partial charge is 0.187 e. The van der Waals surface area contributed by atoms with Crippen LogP contribution in [-0.4, -0.2) is 36.5 Å². The number of nitrogens with zero attached hydrogens (tertiary/aromatic N) is 4. The number of hydrogen-bond donors (Lipinski definition) is 0. The van der Waals surface area contributed by atoms with Gasteiger partial charge in [0.05, 0.1) is 24.4 Å². The first-order valence-electron chi connectivity index (χ1n) is 5.88. The monoisotopic (exact) mass is 240 g/mol. The van der Waals surface area contributed by atoms with Crippen molar-refractivity contribution in [3.05, 3.63) is 30.0 Å². The number of fused-ring (bicyclic) bond motifs is 1. The number of rotatable bonds is 1. The minimum Gasteiger partial charge on any atom is -0.378 e. The molecule has 3 rings (SSSR count). The molecule has 1 fully saturated rings. The highest BCUT2D eigenvalue weighted by Crippen LogP contribution is 2.28. The maximum absolute atomic E-state index is 9.20. The van der Waals surface area contributed by atoms with Crippen LogP contribution in [0.3, 0.4) is 0 Å². The molecule has 0 saturated carbocycles. The molecule has 0 bridgehead atoms. The fourth-order valence-electron chi connectivity index (χ4n) is 2.22. The van der Waals surface area contributed by atoms with E-state index < -0.39 is 0 Å². The van der Waals surface area contributed by atoms with Gasteiger partial charge in [0.2, 0.25) is 0 Å². The topological polar surface area (TPSA) is 62.0 Å². The summed E-state index contributed by atoms with van der Waals surface area (Å²) in [4.78, 5) is 2.15. The summed E-state index contributed by atoms with van der Waals surface area (Å²) in [5.41, 5.74) is 2.08. The second-order valence-electron chi connectivity index (χ2n) is 4.13. The molecule has 0 N–H and O–H groups in total. The summed E-state index contributed by atoms with van der Waals surface area (Å²) in [6, 6.07) is 9.90. The molecule has 1 aliphatic rings. The summed E-state index contributed by atoms with van der Waals surface area (Å²) in [7, 11) is 0. The number of benzene rings is 1. The molecule has 0 spiro atoms. The van der Waals surface area contributed by atoms with Crippen LogP contribution in [0.2, 0.25) is 0 Å². The van der Waals surface area contributed by atoms with E-state index in [4.69, 9.17) is 4.74 Å². The molecule has 5 heteroatoms. The van der Waals surface area contributed by atoms with Crippen molar-refractivity contribution in [1.82, 2.24) is 10.2 Å². The Kier molecular flexibility index (Phi) is 2.79. The normalized spacial score (nSPS) is 15.6. The summed E-state index contributed by atoms with van der Waals surface area (Å²) in [5.74, 6) is 0. The zero-order valence-electron chi connectivity index (χ0n) is 9.83. The van der Waals surface area contributed by atoms with Crippen molar-refractivity contribution in [2.24, 2.45) is 0 Å². The van der Waals surface area contributed by atoms with Crippen molar-refractivity contribution < 1.29 is 4.74 Å². The van der Waals surface area contributed by atoms with Gasteiger partial charge in [-0.1, -0.05) is 18.2 Å². The summed E-state index contributed by atoms with van der Waals surface area (Å²) in [5, 5.41) is 18.3.